The van der Waals surface area contributed by atoms with Crippen molar-refractivity contribution < 1.29 is 14.3 Å². The molecule has 0 unspecified atom stereocenters. The molecule has 2 aromatic carbocycles. The third-order valence-electron chi connectivity index (χ3n) is 6.15. The fraction of sp³-hybridized carbons (Fsp3) is 0.360. The quantitative estimate of drug-likeness (QED) is 0.286. The summed E-state index contributed by atoms with van der Waals surface area (Å²) in [6.07, 6.45) is 0.645. The molecule has 3 aromatic rings. The zero-order valence-electron chi connectivity index (χ0n) is 19.7. The summed E-state index contributed by atoms with van der Waals surface area (Å²) >= 11 is 11.9. The molecule has 1 atom stereocenters. The number of halogens is 2. The van der Waals surface area contributed by atoms with Crippen molar-refractivity contribution in [3.8, 4) is 5.69 Å². The number of carbonyl (C=O) groups is 1. The molecule has 0 amide bonds. The van der Waals surface area contributed by atoms with E-state index in [1.807, 2.05) is 42.5 Å². The molecular weight excluding hydrogens is 566 g/mol. The van der Waals surface area contributed by atoms with Gasteiger partial charge >= 0.3 is 5.97 Å². The number of nitrogens with zero attached hydrogens (tertiary/aromatic N) is 5. The third-order valence-corrected chi connectivity index (χ3v) is 7.99. The molecule has 0 N–H and O–H groups in total. The number of carbonyl (C=O) groups excluding carboxylic acids is 1. The average Bonchev–Trinajstić information content (AvgIpc) is 3.26. The number of esters is 1. The van der Waals surface area contributed by atoms with Crippen molar-refractivity contribution >= 4 is 51.0 Å². The molecule has 0 radical (unpaired) electrons. The second-order valence-electron chi connectivity index (χ2n) is 8.43. The first-order valence-corrected chi connectivity index (χ1v) is 13.8. The van der Waals surface area contributed by atoms with Gasteiger partial charge in [-0.25, -0.2) is 0 Å². The minimum absolute atomic E-state index is 0.212. The summed E-state index contributed by atoms with van der Waals surface area (Å²) in [4.78, 5) is 19.5. The van der Waals surface area contributed by atoms with Crippen LogP contribution in [0, 0.1) is 0 Å². The van der Waals surface area contributed by atoms with Crippen LogP contribution in [0.15, 0.2) is 57.1 Å². The second kappa shape index (κ2) is 11.4. The van der Waals surface area contributed by atoms with Gasteiger partial charge in [0.25, 0.3) is 0 Å². The number of aliphatic imine (C=N–C) groups is 1. The van der Waals surface area contributed by atoms with E-state index in [0.29, 0.717) is 17.3 Å². The summed E-state index contributed by atoms with van der Waals surface area (Å²) in [5.41, 5.74) is 3.40. The Morgan fingerprint density at radius 2 is 2.00 bits per heavy atom. The maximum absolute atomic E-state index is 12.0. The van der Waals surface area contributed by atoms with Gasteiger partial charge in [0.1, 0.15) is 6.04 Å². The number of fused-ring (bicyclic) bond motifs is 3. The van der Waals surface area contributed by atoms with Gasteiger partial charge in [0.15, 0.2) is 11.0 Å². The highest BCUT2D eigenvalue weighted by atomic mass is 79.9. The molecule has 1 saturated heterocycles. The summed E-state index contributed by atoms with van der Waals surface area (Å²) in [6, 6.07) is 13.3. The van der Waals surface area contributed by atoms with Crippen LogP contribution in [-0.4, -0.2) is 70.6 Å². The predicted octanol–water partition coefficient (Wildman–Crippen LogP) is 4.91. The number of thioether (sulfide) groups is 1. The smallest absolute Gasteiger partial charge is 0.305 e. The molecule has 0 spiro atoms. The lowest BCUT2D eigenvalue weighted by Crippen LogP contribution is -2.35. The minimum atomic E-state index is -0.410. The van der Waals surface area contributed by atoms with E-state index in [1.54, 1.807) is 11.8 Å². The number of rotatable bonds is 7. The number of ether oxygens (including phenoxy) is 2. The Kier molecular flexibility index (Phi) is 8.07. The Morgan fingerprint density at radius 1 is 1.19 bits per heavy atom. The van der Waals surface area contributed by atoms with Gasteiger partial charge in [-0.1, -0.05) is 57.5 Å². The fourth-order valence-corrected chi connectivity index (χ4v) is 5.85. The van der Waals surface area contributed by atoms with E-state index >= 15 is 0 Å². The first-order valence-electron chi connectivity index (χ1n) is 11.6. The van der Waals surface area contributed by atoms with E-state index in [4.69, 9.17) is 26.1 Å². The lowest BCUT2D eigenvalue weighted by molar-refractivity contribution is -0.140. The number of benzene rings is 2. The molecule has 2 aliphatic heterocycles. The van der Waals surface area contributed by atoms with Crippen LogP contribution in [0.2, 0.25) is 5.02 Å². The minimum Gasteiger partial charge on any atom is -0.469 e. The van der Waals surface area contributed by atoms with Crippen LogP contribution in [0.1, 0.15) is 35.8 Å². The molecule has 5 rings (SSSR count). The molecule has 188 valence electrons. The normalized spacial score (nSPS) is 17.6. The Hall–Kier alpha value is -2.24. The standard InChI is InChI=1S/C25H25BrClN5O3S/c1-34-22(33)9-7-20-24-29-30-25(36-15-31-10-12-35-13-11-31)32(24)21-8-6-16(26)14-18(21)23(28-20)17-4-2-3-5-19(17)27/h2-6,8,14,20H,7,9-13,15H2,1H3/t20-/m0/s1. The number of hydrogen-bond acceptors (Lipinski definition) is 8. The van der Waals surface area contributed by atoms with Crippen LogP contribution in [0.5, 0.6) is 0 Å². The summed E-state index contributed by atoms with van der Waals surface area (Å²) in [7, 11) is 1.39. The van der Waals surface area contributed by atoms with Gasteiger partial charge in [-0.2, -0.15) is 0 Å². The van der Waals surface area contributed by atoms with E-state index in [2.05, 4.69) is 35.6 Å². The first kappa shape index (κ1) is 25.4. The van der Waals surface area contributed by atoms with Gasteiger partial charge in [0.2, 0.25) is 0 Å². The van der Waals surface area contributed by atoms with Crippen molar-refractivity contribution in [1.29, 1.82) is 0 Å². The van der Waals surface area contributed by atoms with Crippen LogP contribution in [-0.2, 0) is 14.3 Å². The summed E-state index contributed by atoms with van der Waals surface area (Å²) < 4.78 is 13.4. The van der Waals surface area contributed by atoms with Crippen LogP contribution in [0.25, 0.3) is 5.69 Å². The monoisotopic (exact) mass is 589 g/mol. The molecule has 36 heavy (non-hydrogen) atoms. The highest BCUT2D eigenvalue weighted by molar-refractivity contribution is 9.10. The molecule has 8 nitrogen and oxygen atoms in total. The summed E-state index contributed by atoms with van der Waals surface area (Å²) in [6.45, 7) is 3.25. The van der Waals surface area contributed by atoms with Crippen molar-refractivity contribution in [2.75, 3.05) is 39.3 Å². The zero-order valence-corrected chi connectivity index (χ0v) is 22.9. The van der Waals surface area contributed by atoms with Crippen molar-refractivity contribution in [2.45, 2.75) is 24.0 Å². The van der Waals surface area contributed by atoms with E-state index in [-0.39, 0.29) is 12.4 Å². The molecule has 0 saturated carbocycles. The third kappa shape index (κ3) is 5.38. The topological polar surface area (TPSA) is 81.8 Å². The second-order valence-corrected chi connectivity index (χ2v) is 10.7. The van der Waals surface area contributed by atoms with Crippen LogP contribution < -0.4 is 0 Å². The van der Waals surface area contributed by atoms with Crippen LogP contribution in [0.3, 0.4) is 0 Å². The van der Waals surface area contributed by atoms with E-state index < -0.39 is 6.04 Å². The highest BCUT2D eigenvalue weighted by Crippen LogP contribution is 2.37. The summed E-state index contributed by atoms with van der Waals surface area (Å²) in [5.74, 6) is 1.18. The molecule has 11 heteroatoms. The number of hydrogen-bond donors (Lipinski definition) is 0. The average molecular weight is 591 g/mol. The van der Waals surface area contributed by atoms with Crippen LogP contribution >= 0.6 is 39.3 Å². The van der Waals surface area contributed by atoms with Gasteiger partial charge in [0.05, 0.1) is 37.6 Å². The number of morpholine rings is 1. The van der Waals surface area contributed by atoms with Gasteiger partial charge in [0, 0.05) is 40.1 Å². The largest absolute Gasteiger partial charge is 0.469 e. The van der Waals surface area contributed by atoms with Gasteiger partial charge in [-0.3, -0.25) is 19.3 Å². The fourth-order valence-electron chi connectivity index (χ4n) is 4.29. The van der Waals surface area contributed by atoms with Gasteiger partial charge in [-0.15, -0.1) is 10.2 Å². The molecule has 1 aromatic heterocycles. The molecule has 2 aliphatic rings. The lowest BCUT2D eigenvalue weighted by Gasteiger charge is -2.25. The molecule has 0 bridgehead atoms. The molecule has 1 fully saturated rings. The Bertz CT molecular complexity index is 1290. The Morgan fingerprint density at radius 3 is 2.78 bits per heavy atom. The molecule has 3 heterocycles. The maximum atomic E-state index is 12.0. The van der Waals surface area contributed by atoms with E-state index in [1.165, 1.54) is 7.11 Å². The van der Waals surface area contributed by atoms with Gasteiger partial charge < -0.3 is 9.47 Å². The molecular formula is C25H25BrClN5O3S. The van der Waals surface area contributed by atoms with Crippen molar-refractivity contribution in [3.63, 3.8) is 0 Å². The predicted molar refractivity (Wildman–Crippen MR) is 143 cm³/mol. The summed E-state index contributed by atoms with van der Waals surface area (Å²) in [5, 5.41) is 10.5. The Labute approximate surface area is 227 Å². The zero-order chi connectivity index (χ0) is 25.1. The van der Waals surface area contributed by atoms with Crippen molar-refractivity contribution in [1.82, 2.24) is 19.7 Å². The Balaban J connectivity index is 1.61. The van der Waals surface area contributed by atoms with Gasteiger partial charge in [-0.05, 0) is 30.7 Å². The number of aromatic nitrogens is 3. The first-order chi connectivity index (χ1) is 17.5. The maximum Gasteiger partial charge on any atom is 0.305 e. The van der Waals surface area contributed by atoms with Crippen molar-refractivity contribution in [2.24, 2.45) is 4.99 Å². The van der Waals surface area contributed by atoms with E-state index in [9.17, 15) is 4.79 Å². The lowest BCUT2D eigenvalue weighted by atomic mass is 10.00. The van der Waals surface area contributed by atoms with Crippen LogP contribution in [0.4, 0.5) is 0 Å². The number of methoxy groups -OCH3 is 1. The molecule has 0 aliphatic carbocycles. The van der Waals surface area contributed by atoms with E-state index in [0.717, 1.165) is 64.3 Å². The highest BCUT2D eigenvalue weighted by Gasteiger charge is 2.30. The van der Waals surface area contributed by atoms with Crippen molar-refractivity contribution in [3.05, 3.63) is 68.9 Å². The SMILES string of the molecule is COC(=O)CC[C@@H]1N=C(c2ccccc2Cl)c2cc(Br)ccc2-n2c(SCN3CCOCC3)nnc21.